The van der Waals surface area contributed by atoms with Gasteiger partial charge in [-0.05, 0) is 43.3 Å². The fraction of sp³-hybridized carbons (Fsp3) is 0.0476. The highest BCUT2D eigenvalue weighted by Gasteiger charge is 2.12. The Hall–Kier alpha value is -4.00. The zero-order valence-corrected chi connectivity index (χ0v) is 15.1. The molecule has 138 valence electrons. The number of ether oxygens (including phenoxy) is 1. The van der Waals surface area contributed by atoms with Crippen LogP contribution in [0, 0.1) is 6.92 Å². The molecule has 2 heterocycles. The number of nitrogens with zero attached hydrogens (tertiary/aromatic N) is 4. The largest absolute Gasteiger partial charge is 0.455 e. The minimum Gasteiger partial charge on any atom is -0.455 e. The van der Waals surface area contributed by atoms with E-state index in [1.165, 1.54) is 17.3 Å². The number of carbonyl (C=O) groups excluding carboxylic acids is 1. The first-order valence-corrected chi connectivity index (χ1v) is 8.65. The van der Waals surface area contributed by atoms with Crippen molar-refractivity contribution in [2.24, 2.45) is 0 Å². The van der Waals surface area contributed by atoms with E-state index in [0.717, 1.165) is 5.56 Å². The Morgan fingerprint density at radius 2 is 1.89 bits per heavy atom. The van der Waals surface area contributed by atoms with E-state index in [0.29, 0.717) is 28.6 Å². The van der Waals surface area contributed by atoms with E-state index in [1.54, 1.807) is 24.4 Å². The first kappa shape index (κ1) is 17.4. The molecule has 0 unspecified atom stereocenters. The topological polar surface area (TPSA) is 81.9 Å². The molecule has 0 aliphatic carbocycles. The third-order valence-electron chi connectivity index (χ3n) is 4.05. The van der Waals surface area contributed by atoms with Gasteiger partial charge in [-0.15, -0.1) is 0 Å². The highest BCUT2D eigenvalue weighted by Crippen LogP contribution is 2.29. The third-order valence-corrected chi connectivity index (χ3v) is 4.05. The quantitative estimate of drug-likeness (QED) is 0.573. The molecule has 2 aromatic carbocycles. The maximum atomic E-state index is 12.7. The number of carbonyl (C=O) groups is 1. The molecular formula is C21H17N5O2. The second kappa shape index (κ2) is 7.71. The van der Waals surface area contributed by atoms with Gasteiger partial charge in [0.1, 0.15) is 18.4 Å². The molecule has 7 nitrogen and oxygen atoms in total. The van der Waals surface area contributed by atoms with Crippen molar-refractivity contribution in [3.05, 3.63) is 90.6 Å². The SMILES string of the molecule is Cc1ccc(Oc2ccccc2NC(=O)c2ccnc(-n3cncn3)c2)cc1. The third kappa shape index (κ3) is 3.88. The lowest BCUT2D eigenvalue weighted by molar-refractivity contribution is 0.102. The van der Waals surface area contributed by atoms with Crippen LogP contribution in [-0.4, -0.2) is 25.7 Å². The molecule has 0 aliphatic heterocycles. The van der Waals surface area contributed by atoms with Crippen LogP contribution in [0.2, 0.25) is 0 Å². The zero-order chi connectivity index (χ0) is 19.3. The Morgan fingerprint density at radius 3 is 2.68 bits per heavy atom. The van der Waals surface area contributed by atoms with Crippen LogP contribution >= 0.6 is 0 Å². The van der Waals surface area contributed by atoms with Crippen molar-refractivity contribution < 1.29 is 9.53 Å². The van der Waals surface area contributed by atoms with Gasteiger partial charge in [0.05, 0.1) is 5.69 Å². The molecule has 2 aromatic heterocycles. The van der Waals surface area contributed by atoms with Gasteiger partial charge in [0, 0.05) is 11.8 Å². The van der Waals surface area contributed by atoms with Crippen LogP contribution < -0.4 is 10.1 Å². The molecule has 4 aromatic rings. The van der Waals surface area contributed by atoms with Gasteiger partial charge < -0.3 is 10.1 Å². The average molecular weight is 371 g/mol. The molecule has 0 saturated carbocycles. The summed E-state index contributed by atoms with van der Waals surface area (Å²) in [7, 11) is 0. The fourth-order valence-corrected chi connectivity index (χ4v) is 2.60. The van der Waals surface area contributed by atoms with Crippen LogP contribution in [0.1, 0.15) is 15.9 Å². The van der Waals surface area contributed by atoms with Gasteiger partial charge in [-0.3, -0.25) is 4.79 Å². The monoisotopic (exact) mass is 371 g/mol. The summed E-state index contributed by atoms with van der Waals surface area (Å²) in [5.74, 6) is 1.49. The van der Waals surface area contributed by atoms with Crippen LogP contribution in [-0.2, 0) is 0 Å². The summed E-state index contributed by atoms with van der Waals surface area (Å²) in [4.78, 5) is 20.8. The summed E-state index contributed by atoms with van der Waals surface area (Å²) in [5.41, 5.74) is 2.17. The number of amides is 1. The maximum Gasteiger partial charge on any atom is 0.255 e. The number of rotatable bonds is 5. The number of hydrogen-bond donors (Lipinski definition) is 1. The number of nitrogens with one attached hydrogen (secondary N) is 1. The number of pyridine rings is 1. The van der Waals surface area contributed by atoms with Gasteiger partial charge in [0.2, 0.25) is 0 Å². The molecule has 0 fully saturated rings. The van der Waals surface area contributed by atoms with Gasteiger partial charge in [0.15, 0.2) is 11.6 Å². The Labute approximate surface area is 161 Å². The van der Waals surface area contributed by atoms with Crippen molar-refractivity contribution in [3.63, 3.8) is 0 Å². The number of hydrogen-bond acceptors (Lipinski definition) is 5. The van der Waals surface area contributed by atoms with Gasteiger partial charge >= 0.3 is 0 Å². The molecule has 1 N–H and O–H groups in total. The number of aromatic nitrogens is 4. The van der Waals surface area contributed by atoms with E-state index in [4.69, 9.17) is 4.74 Å². The van der Waals surface area contributed by atoms with E-state index in [9.17, 15) is 4.79 Å². The van der Waals surface area contributed by atoms with Gasteiger partial charge in [-0.2, -0.15) is 5.10 Å². The lowest BCUT2D eigenvalue weighted by Crippen LogP contribution is -2.13. The summed E-state index contributed by atoms with van der Waals surface area (Å²) in [6.07, 6.45) is 4.49. The summed E-state index contributed by atoms with van der Waals surface area (Å²) >= 11 is 0. The normalized spacial score (nSPS) is 10.5. The first-order chi connectivity index (χ1) is 13.7. The van der Waals surface area contributed by atoms with E-state index < -0.39 is 0 Å². The molecule has 0 saturated heterocycles. The van der Waals surface area contributed by atoms with Crippen molar-refractivity contribution in [2.45, 2.75) is 6.92 Å². The molecular weight excluding hydrogens is 354 g/mol. The van der Waals surface area contributed by atoms with Gasteiger partial charge in [-0.25, -0.2) is 14.6 Å². The second-order valence-electron chi connectivity index (χ2n) is 6.11. The minimum absolute atomic E-state index is 0.274. The van der Waals surface area contributed by atoms with Gasteiger partial charge in [-0.1, -0.05) is 29.8 Å². The standard InChI is InChI=1S/C21H17N5O2/c1-15-6-8-17(9-7-15)28-19-5-3-2-4-18(19)25-21(27)16-10-11-23-20(12-16)26-14-22-13-24-26/h2-14H,1H3,(H,25,27). The second-order valence-corrected chi connectivity index (χ2v) is 6.11. The lowest BCUT2D eigenvalue weighted by Gasteiger charge is -2.12. The number of aryl methyl sites for hydroxylation is 1. The van der Waals surface area contributed by atoms with Crippen LogP contribution in [0.3, 0.4) is 0 Å². The molecule has 0 atom stereocenters. The van der Waals surface area contributed by atoms with Crippen molar-refractivity contribution >= 4 is 11.6 Å². The molecule has 1 amide bonds. The molecule has 7 heteroatoms. The maximum absolute atomic E-state index is 12.7. The molecule has 28 heavy (non-hydrogen) atoms. The first-order valence-electron chi connectivity index (χ1n) is 8.65. The fourth-order valence-electron chi connectivity index (χ4n) is 2.60. The van der Waals surface area contributed by atoms with Crippen LogP contribution in [0.25, 0.3) is 5.82 Å². The summed E-state index contributed by atoms with van der Waals surface area (Å²) in [6, 6.07) is 18.3. The molecule has 0 spiro atoms. The minimum atomic E-state index is -0.274. The highest BCUT2D eigenvalue weighted by atomic mass is 16.5. The molecule has 0 radical (unpaired) electrons. The highest BCUT2D eigenvalue weighted by molar-refractivity contribution is 6.05. The number of benzene rings is 2. The Kier molecular flexibility index (Phi) is 4.79. The zero-order valence-electron chi connectivity index (χ0n) is 15.1. The Bertz CT molecular complexity index is 1090. The molecule has 4 rings (SSSR count). The lowest BCUT2D eigenvalue weighted by atomic mass is 10.2. The Balaban J connectivity index is 1.55. The smallest absolute Gasteiger partial charge is 0.255 e. The van der Waals surface area contributed by atoms with Crippen molar-refractivity contribution in [1.29, 1.82) is 0 Å². The van der Waals surface area contributed by atoms with Crippen LogP contribution in [0.4, 0.5) is 5.69 Å². The summed E-state index contributed by atoms with van der Waals surface area (Å²) < 4.78 is 7.43. The van der Waals surface area contributed by atoms with Crippen molar-refractivity contribution in [2.75, 3.05) is 5.32 Å². The predicted octanol–water partition coefficient (Wildman–Crippen LogP) is 4.02. The van der Waals surface area contributed by atoms with Crippen molar-refractivity contribution in [3.8, 4) is 17.3 Å². The molecule has 0 aliphatic rings. The predicted molar refractivity (Wildman–Crippen MR) is 105 cm³/mol. The summed E-state index contributed by atoms with van der Waals surface area (Å²) in [5, 5.41) is 6.92. The van der Waals surface area contributed by atoms with E-state index >= 15 is 0 Å². The number of para-hydroxylation sites is 2. The average Bonchev–Trinajstić information content (AvgIpc) is 3.26. The van der Waals surface area contributed by atoms with Crippen molar-refractivity contribution in [1.82, 2.24) is 19.7 Å². The van der Waals surface area contributed by atoms with E-state index in [1.807, 2.05) is 49.4 Å². The van der Waals surface area contributed by atoms with Crippen LogP contribution in [0.5, 0.6) is 11.5 Å². The summed E-state index contributed by atoms with van der Waals surface area (Å²) in [6.45, 7) is 2.01. The van der Waals surface area contributed by atoms with E-state index in [2.05, 4.69) is 20.4 Å². The van der Waals surface area contributed by atoms with Crippen LogP contribution in [0.15, 0.2) is 79.5 Å². The van der Waals surface area contributed by atoms with E-state index in [-0.39, 0.29) is 5.91 Å². The van der Waals surface area contributed by atoms with Gasteiger partial charge in [0.25, 0.3) is 5.91 Å². The molecule has 0 bridgehead atoms. The Morgan fingerprint density at radius 1 is 1.07 bits per heavy atom. The number of anilines is 1.